The Bertz CT molecular complexity index is 1090. The molecule has 0 aliphatic rings. The first-order chi connectivity index (χ1) is 37.3. The smallest absolute Gasteiger partial charge is 0 e. The van der Waals surface area contributed by atoms with Crippen molar-refractivity contribution in [2.45, 2.75) is 437 Å². The SMILES string of the molecule is CCC(CC)(CC)CC(C[C-](CC(CC(CC)(CC)CC)(CC(CC)(CC)CC)CC(CC)(CC)CC)CC(CC(CC)(CC)CC)(CC(CC)(CC)CC)CC(CC)(CC)CC)(CC(CC)(CC)CC)CC(CC)(CC)CC.[CH3-].[Y]. The largest absolute Gasteiger partial charge is 0.358 e. The monoisotopic (exact) mass is 1210 g/mol. The molecule has 0 bridgehead atoms. The first kappa shape index (κ1) is 86.3. The normalized spacial score (nSPS) is 14.2. The van der Waals surface area contributed by atoms with Gasteiger partial charge in [0.2, 0.25) is 0 Å². The Hall–Kier alpha value is 1.10. The summed E-state index contributed by atoms with van der Waals surface area (Å²) in [5.74, 6) is 2.12. The van der Waals surface area contributed by atoms with Gasteiger partial charge in [0.05, 0.1) is 0 Å². The number of hydrogen-bond acceptors (Lipinski definition) is 0. The van der Waals surface area contributed by atoms with Crippen molar-refractivity contribution in [2.24, 2.45) is 65.0 Å². The van der Waals surface area contributed by atoms with Gasteiger partial charge in [0.1, 0.15) is 0 Å². The van der Waals surface area contributed by atoms with Crippen LogP contribution in [0.5, 0.6) is 0 Å². The second-order valence-electron chi connectivity index (χ2n) is 30.4. The van der Waals surface area contributed by atoms with Gasteiger partial charge in [0.25, 0.3) is 0 Å². The van der Waals surface area contributed by atoms with Gasteiger partial charge in [0.15, 0.2) is 0 Å². The molecule has 487 valence electrons. The van der Waals surface area contributed by atoms with Crippen molar-refractivity contribution in [1.29, 1.82) is 0 Å². The molecule has 0 fully saturated rings. The Kier molecular flexibility index (Phi) is 41.9. The summed E-state index contributed by atoms with van der Waals surface area (Å²) in [5, 5.41) is 0. The van der Waals surface area contributed by atoms with E-state index in [4.69, 9.17) is 0 Å². The fourth-order valence-electron chi connectivity index (χ4n) is 20.2. The van der Waals surface area contributed by atoms with E-state index in [0.29, 0.717) is 48.7 Å². The maximum Gasteiger partial charge on any atom is 0 e. The van der Waals surface area contributed by atoms with Crippen LogP contribution in [-0.4, -0.2) is 0 Å². The molecular weight excluding hydrogens is 1050 g/mol. The standard InChI is InChI=1S/C79H159.CH3.Y/c1-28-68(29-2,30-3)58-77(59-69(31-4,32-5)33-6,60-70(34-7,35-8)36-9)55-67(56-78(61-71(37-10,38-11)39-12,62-72(40-13,41-14)42-15)63-73(43-16,44-17)45-18)57-79(64-74(46-19,47-20)48-21,65-75(49-22,50-23)51-24)66-76(52-25,53-26)54-27;;/h28-66H2,1-27H3;1H3;/q2*-1;. The zero-order chi connectivity index (χ0) is 61.2. The van der Waals surface area contributed by atoms with E-state index in [1.165, 1.54) is 250 Å². The Balaban J connectivity index is -0.0000304. The molecular formula is C80H162Y-2. The Labute approximate surface area is 544 Å². The topological polar surface area (TPSA) is 0 Å². The summed E-state index contributed by atoms with van der Waals surface area (Å²) >= 11 is 0. The molecule has 1 radical (unpaired) electrons. The summed E-state index contributed by atoms with van der Waals surface area (Å²) < 4.78 is 0. The molecule has 0 aromatic rings. The molecule has 0 nitrogen and oxygen atoms in total. The average molecular weight is 1210 g/mol. The van der Waals surface area contributed by atoms with E-state index in [1.807, 2.05) is 0 Å². The van der Waals surface area contributed by atoms with Crippen LogP contribution < -0.4 is 0 Å². The molecule has 0 amide bonds. The van der Waals surface area contributed by atoms with Gasteiger partial charge in [-0.05, 0) is 107 Å². The third kappa shape index (κ3) is 22.2. The van der Waals surface area contributed by atoms with Crippen LogP contribution in [0.15, 0.2) is 0 Å². The maximum atomic E-state index is 2.62. The second kappa shape index (κ2) is 39.3. The van der Waals surface area contributed by atoms with Gasteiger partial charge in [-0.25, -0.2) is 0 Å². The van der Waals surface area contributed by atoms with Gasteiger partial charge < -0.3 is 13.3 Å². The third-order valence-electron chi connectivity index (χ3n) is 28.9. The van der Waals surface area contributed by atoms with E-state index in [2.05, 4.69) is 193 Å². The van der Waals surface area contributed by atoms with Crippen LogP contribution in [-0.2, 0) is 32.7 Å². The predicted octanol–water partition coefficient (Wildman–Crippen LogP) is 29.6. The van der Waals surface area contributed by atoms with Crippen molar-refractivity contribution in [2.75, 3.05) is 0 Å². The maximum absolute atomic E-state index is 2.62. The number of hydrogen-bond donors (Lipinski definition) is 0. The minimum Gasteiger partial charge on any atom is -0.358 e. The van der Waals surface area contributed by atoms with Crippen LogP contribution in [0, 0.1) is 78.3 Å². The molecule has 0 saturated heterocycles. The Morgan fingerprint density at radius 1 is 0.148 bits per heavy atom. The first-order valence-electron chi connectivity index (χ1n) is 37.1. The van der Waals surface area contributed by atoms with Crippen LogP contribution in [0.2, 0.25) is 0 Å². The first-order valence-corrected chi connectivity index (χ1v) is 37.1. The zero-order valence-electron chi connectivity index (χ0n) is 62.7. The van der Waals surface area contributed by atoms with E-state index >= 15 is 0 Å². The fraction of sp³-hybridized carbons (Fsp3) is 0.975. The predicted molar refractivity (Wildman–Crippen MR) is 372 cm³/mol. The molecule has 0 aromatic heterocycles. The summed E-state index contributed by atoms with van der Waals surface area (Å²) in [6.45, 7) is 70.8. The van der Waals surface area contributed by atoms with Crippen LogP contribution >= 0.6 is 0 Å². The molecule has 0 aliphatic heterocycles. The summed E-state index contributed by atoms with van der Waals surface area (Å²) in [6.07, 6.45) is 52.3. The molecule has 0 rings (SSSR count). The zero-order valence-corrected chi connectivity index (χ0v) is 65.5. The summed E-state index contributed by atoms with van der Waals surface area (Å²) in [7, 11) is 0. The van der Waals surface area contributed by atoms with E-state index in [-0.39, 0.29) is 56.4 Å². The third-order valence-corrected chi connectivity index (χ3v) is 28.9. The van der Waals surface area contributed by atoms with Gasteiger partial charge in [-0.2, -0.15) is 19.3 Å². The Morgan fingerprint density at radius 3 is 0.284 bits per heavy atom. The van der Waals surface area contributed by atoms with Gasteiger partial charge in [-0.1, -0.05) is 377 Å². The molecule has 81 heavy (non-hydrogen) atoms. The molecule has 0 aromatic carbocycles. The van der Waals surface area contributed by atoms with Crippen LogP contribution in [0.3, 0.4) is 0 Å². The minimum atomic E-state index is 0. The summed E-state index contributed by atoms with van der Waals surface area (Å²) in [4.78, 5) is 0. The van der Waals surface area contributed by atoms with Crippen LogP contribution in [0.4, 0.5) is 0 Å². The Morgan fingerprint density at radius 2 is 0.222 bits per heavy atom. The molecule has 0 saturated carbocycles. The van der Waals surface area contributed by atoms with Gasteiger partial charge in [-0.15, -0.1) is 0 Å². The fourth-order valence-corrected chi connectivity index (χ4v) is 20.2. The van der Waals surface area contributed by atoms with Gasteiger partial charge >= 0.3 is 0 Å². The molecule has 0 atom stereocenters. The molecule has 0 N–H and O–H groups in total. The van der Waals surface area contributed by atoms with Crippen molar-refractivity contribution in [3.8, 4) is 0 Å². The van der Waals surface area contributed by atoms with Gasteiger partial charge in [0, 0.05) is 32.7 Å². The molecule has 0 unspecified atom stereocenters. The molecule has 1 heteroatoms. The molecule has 0 heterocycles. The van der Waals surface area contributed by atoms with E-state index < -0.39 is 0 Å². The van der Waals surface area contributed by atoms with Crippen molar-refractivity contribution in [3.63, 3.8) is 0 Å². The average Bonchev–Trinajstić information content (AvgIpc) is 3.50. The van der Waals surface area contributed by atoms with Crippen molar-refractivity contribution in [1.82, 2.24) is 0 Å². The number of rotatable bonds is 51. The summed E-state index contributed by atoms with van der Waals surface area (Å²) in [5.41, 5.74) is 3.93. The summed E-state index contributed by atoms with van der Waals surface area (Å²) in [6, 6.07) is 0. The quantitative estimate of drug-likeness (QED) is 0.0533. The van der Waals surface area contributed by atoms with Crippen molar-refractivity contribution < 1.29 is 32.7 Å². The van der Waals surface area contributed by atoms with E-state index in [0.717, 1.165) is 0 Å². The second-order valence-corrected chi connectivity index (χ2v) is 30.4. The molecule has 0 spiro atoms. The van der Waals surface area contributed by atoms with Crippen molar-refractivity contribution in [3.05, 3.63) is 13.3 Å². The van der Waals surface area contributed by atoms with Gasteiger partial charge in [-0.3, -0.25) is 0 Å². The van der Waals surface area contributed by atoms with E-state index in [1.54, 1.807) is 0 Å². The van der Waals surface area contributed by atoms with Crippen LogP contribution in [0.25, 0.3) is 0 Å². The molecule has 0 aliphatic carbocycles. The van der Waals surface area contributed by atoms with Crippen LogP contribution in [0.1, 0.15) is 437 Å². The van der Waals surface area contributed by atoms with E-state index in [9.17, 15) is 0 Å². The van der Waals surface area contributed by atoms with Crippen molar-refractivity contribution >= 4 is 0 Å². The minimum absolute atomic E-state index is 0.